The zero-order valence-electron chi connectivity index (χ0n) is 14.9. The Labute approximate surface area is 171 Å². The van der Waals surface area contributed by atoms with Gasteiger partial charge in [-0.1, -0.05) is 29.3 Å². The van der Waals surface area contributed by atoms with Crippen LogP contribution in [0.3, 0.4) is 0 Å². The normalized spacial score (nSPS) is 10.5. The van der Waals surface area contributed by atoms with Gasteiger partial charge in [-0.25, -0.2) is 9.97 Å². The largest absolute Gasteiger partial charge is 0.336 e. The van der Waals surface area contributed by atoms with Crippen molar-refractivity contribution in [2.24, 2.45) is 0 Å². The second-order valence-electron chi connectivity index (χ2n) is 5.86. The van der Waals surface area contributed by atoms with Gasteiger partial charge in [0.1, 0.15) is 0 Å². The van der Waals surface area contributed by atoms with E-state index in [2.05, 4.69) is 24.0 Å². The minimum absolute atomic E-state index is 0.587. The first-order valence-electron chi connectivity index (χ1n) is 8.35. The van der Waals surface area contributed by atoms with Gasteiger partial charge in [0.2, 0.25) is 0 Å². The molecule has 0 amide bonds. The molecule has 11 heteroatoms. The molecule has 0 aliphatic rings. The topological polar surface area (TPSA) is 102 Å². The van der Waals surface area contributed by atoms with Crippen LogP contribution >= 0.6 is 23.2 Å². The van der Waals surface area contributed by atoms with Crippen LogP contribution in [0.1, 0.15) is 5.56 Å². The number of benzene rings is 1. The number of rotatable bonds is 8. The lowest BCUT2D eigenvalue weighted by molar-refractivity contribution is -0.742. The van der Waals surface area contributed by atoms with E-state index in [1.165, 1.54) is 0 Å². The number of nitrogens with zero attached hydrogens (tertiary/aromatic N) is 6. The molecule has 3 rings (SSSR count). The highest BCUT2D eigenvalue weighted by atomic mass is 35.5. The van der Waals surface area contributed by atoms with E-state index in [1.807, 2.05) is 43.2 Å². The highest BCUT2D eigenvalue weighted by Crippen LogP contribution is 2.23. The van der Waals surface area contributed by atoms with Crippen molar-refractivity contribution < 1.29 is 10.3 Å². The number of imidazole rings is 2. The van der Waals surface area contributed by atoms with E-state index in [4.69, 9.17) is 38.5 Å². The first-order valence-corrected chi connectivity index (χ1v) is 9.10. The minimum atomic E-state index is -1.50. The fraction of sp³-hybridized carbons (Fsp3) is 0.294. The van der Waals surface area contributed by atoms with Crippen LogP contribution in [0.2, 0.25) is 10.0 Å². The molecule has 0 aliphatic heterocycles. The Morgan fingerprint density at radius 1 is 1.04 bits per heavy atom. The van der Waals surface area contributed by atoms with Crippen LogP contribution in [0.25, 0.3) is 0 Å². The van der Waals surface area contributed by atoms with Gasteiger partial charge in [-0.15, -0.1) is 10.1 Å². The van der Waals surface area contributed by atoms with Gasteiger partial charge in [0.05, 0.1) is 22.7 Å². The van der Waals surface area contributed by atoms with Gasteiger partial charge in [-0.2, -0.15) is 0 Å². The Kier molecular flexibility index (Phi) is 8.73. The summed E-state index contributed by atoms with van der Waals surface area (Å²) in [5, 5.41) is 14.8. The Morgan fingerprint density at radius 3 is 2.00 bits per heavy atom. The fourth-order valence-corrected chi connectivity index (χ4v) is 2.84. The van der Waals surface area contributed by atoms with Crippen LogP contribution in [0.5, 0.6) is 0 Å². The van der Waals surface area contributed by atoms with Gasteiger partial charge in [0.15, 0.2) is 0 Å². The number of halogens is 2. The summed E-state index contributed by atoms with van der Waals surface area (Å²) in [5.74, 6) is 0. The molecule has 0 spiro atoms. The first-order chi connectivity index (χ1) is 13.4. The van der Waals surface area contributed by atoms with Crippen molar-refractivity contribution in [1.29, 1.82) is 0 Å². The second kappa shape index (κ2) is 11.3. The molecule has 0 bridgehead atoms. The third kappa shape index (κ3) is 7.95. The molecule has 0 atom stereocenters. The predicted octanol–water partition coefficient (Wildman–Crippen LogP) is 3.24. The zero-order valence-corrected chi connectivity index (χ0v) is 16.4. The van der Waals surface area contributed by atoms with Gasteiger partial charge < -0.3 is 14.3 Å². The molecule has 9 nitrogen and oxygen atoms in total. The third-order valence-electron chi connectivity index (χ3n) is 3.86. The van der Waals surface area contributed by atoms with Crippen LogP contribution in [0, 0.1) is 10.1 Å². The SMILES string of the molecule is Clc1ccc(CN(CCn2ccnc2)CCn2ccnc2)cc1Cl.O=[N+]([O-])O. The van der Waals surface area contributed by atoms with Crippen molar-refractivity contribution in [3.05, 3.63) is 81.4 Å². The maximum Gasteiger partial charge on any atom is 0.291 e. The van der Waals surface area contributed by atoms with E-state index in [0.717, 1.165) is 38.3 Å². The molecule has 150 valence electrons. The van der Waals surface area contributed by atoms with E-state index < -0.39 is 5.09 Å². The Morgan fingerprint density at radius 2 is 1.57 bits per heavy atom. The summed E-state index contributed by atoms with van der Waals surface area (Å²) >= 11 is 12.1. The quantitative estimate of drug-likeness (QED) is 0.438. The molecule has 0 saturated heterocycles. The minimum Gasteiger partial charge on any atom is -0.336 e. The van der Waals surface area contributed by atoms with Crippen molar-refractivity contribution >= 4 is 23.2 Å². The Hall–Kier alpha value is -2.62. The summed E-state index contributed by atoms with van der Waals surface area (Å²) in [6.07, 6.45) is 11.2. The fourth-order valence-electron chi connectivity index (χ4n) is 2.52. The molecule has 0 fully saturated rings. The van der Waals surface area contributed by atoms with Gasteiger partial charge in [0.25, 0.3) is 5.09 Å². The van der Waals surface area contributed by atoms with Crippen LogP contribution < -0.4 is 0 Å². The molecular formula is C17H20Cl2N6O3. The van der Waals surface area contributed by atoms with Crippen LogP contribution in [-0.4, -0.2) is 47.4 Å². The lowest BCUT2D eigenvalue weighted by Gasteiger charge is -2.23. The van der Waals surface area contributed by atoms with Crippen molar-refractivity contribution in [3.63, 3.8) is 0 Å². The van der Waals surface area contributed by atoms with E-state index >= 15 is 0 Å². The predicted molar refractivity (Wildman–Crippen MR) is 105 cm³/mol. The second-order valence-corrected chi connectivity index (χ2v) is 6.68. The summed E-state index contributed by atoms with van der Waals surface area (Å²) < 4.78 is 4.16. The van der Waals surface area contributed by atoms with E-state index in [-0.39, 0.29) is 0 Å². The smallest absolute Gasteiger partial charge is 0.291 e. The molecule has 2 heterocycles. The molecule has 0 aliphatic carbocycles. The van der Waals surface area contributed by atoms with Crippen LogP contribution in [-0.2, 0) is 19.6 Å². The average molecular weight is 427 g/mol. The van der Waals surface area contributed by atoms with Gasteiger partial charge in [-0.05, 0) is 17.7 Å². The Balaban J connectivity index is 0.000000640. The van der Waals surface area contributed by atoms with Crippen molar-refractivity contribution in [2.75, 3.05) is 13.1 Å². The summed E-state index contributed by atoms with van der Waals surface area (Å²) in [5.41, 5.74) is 1.15. The lowest BCUT2D eigenvalue weighted by Crippen LogP contribution is -2.30. The van der Waals surface area contributed by atoms with Crippen LogP contribution in [0.15, 0.2) is 55.6 Å². The van der Waals surface area contributed by atoms with Crippen molar-refractivity contribution in [3.8, 4) is 0 Å². The molecule has 1 aromatic carbocycles. The van der Waals surface area contributed by atoms with Gasteiger partial charge in [0, 0.05) is 57.5 Å². The summed E-state index contributed by atoms with van der Waals surface area (Å²) in [7, 11) is 0. The maximum absolute atomic E-state index is 8.36. The van der Waals surface area contributed by atoms with E-state index in [0.29, 0.717) is 10.0 Å². The highest BCUT2D eigenvalue weighted by Gasteiger charge is 2.08. The first kappa shape index (κ1) is 21.7. The third-order valence-corrected chi connectivity index (χ3v) is 4.60. The highest BCUT2D eigenvalue weighted by molar-refractivity contribution is 6.42. The van der Waals surface area contributed by atoms with E-state index in [1.54, 1.807) is 12.4 Å². The standard InChI is InChI=1S/C17H19Cl2N5.HNO3/c18-16-2-1-15(11-17(16)19)12-22(7-9-23-5-3-20-13-23)8-10-24-6-4-21-14-24;2-1(3)4/h1-6,11,13-14H,7-10,12H2;(H,2,3,4). The lowest BCUT2D eigenvalue weighted by atomic mass is 10.2. The molecular weight excluding hydrogens is 407 g/mol. The monoisotopic (exact) mass is 426 g/mol. The molecule has 3 aromatic rings. The number of hydrogen-bond donors (Lipinski definition) is 1. The molecule has 2 aromatic heterocycles. The molecule has 0 saturated carbocycles. The zero-order chi connectivity index (χ0) is 20.4. The van der Waals surface area contributed by atoms with Gasteiger partial charge >= 0.3 is 0 Å². The summed E-state index contributed by atoms with van der Waals surface area (Å²) in [6.45, 7) is 4.45. The van der Waals surface area contributed by atoms with Crippen molar-refractivity contribution in [2.45, 2.75) is 19.6 Å². The average Bonchev–Trinajstić information content (AvgIpc) is 3.33. The van der Waals surface area contributed by atoms with E-state index in [9.17, 15) is 0 Å². The number of aromatic nitrogens is 4. The van der Waals surface area contributed by atoms with Crippen molar-refractivity contribution in [1.82, 2.24) is 24.0 Å². The maximum atomic E-state index is 8.36. The summed E-state index contributed by atoms with van der Waals surface area (Å²) in [4.78, 5) is 18.9. The molecule has 28 heavy (non-hydrogen) atoms. The Bertz CT molecular complexity index is 800. The number of hydrogen-bond acceptors (Lipinski definition) is 5. The summed E-state index contributed by atoms with van der Waals surface area (Å²) in [6, 6.07) is 5.81. The van der Waals surface area contributed by atoms with Gasteiger partial charge in [-0.3, -0.25) is 4.90 Å². The molecule has 0 unspecified atom stereocenters. The van der Waals surface area contributed by atoms with Crippen LogP contribution in [0.4, 0.5) is 0 Å². The molecule has 0 radical (unpaired) electrons. The molecule has 1 N–H and O–H groups in total.